The SMILES string of the molecule is CCS(=O)(=O)NC(=O)c1c2ccccc2n2cc(C(C)=O)ccc12. The number of fused-ring (bicyclic) bond motifs is 3. The molecular formula is C17H16N2O4S. The maximum absolute atomic E-state index is 12.6. The Morgan fingerprint density at radius 3 is 2.46 bits per heavy atom. The number of Topliss-reactive ketones (excluding diaryl/α,β-unsaturated/α-hetero) is 1. The summed E-state index contributed by atoms with van der Waals surface area (Å²) in [5.74, 6) is -0.947. The van der Waals surface area contributed by atoms with E-state index in [2.05, 4.69) is 4.72 Å². The molecule has 7 heteroatoms. The summed E-state index contributed by atoms with van der Waals surface area (Å²) in [6.45, 7) is 2.93. The van der Waals surface area contributed by atoms with E-state index in [1.807, 2.05) is 12.1 Å². The van der Waals surface area contributed by atoms with Crippen molar-refractivity contribution in [1.29, 1.82) is 0 Å². The van der Waals surface area contributed by atoms with Crippen LogP contribution in [0.2, 0.25) is 0 Å². The molecule has 0 radical (unpaired) electrons. The Bertz CT molecular complexity index is 1080. The molecule has 1 N–H and O–H groups in total. The molecule has 124 valence electrons. The summed E-state index contributed by atoms with van der Waals surface area (Å²) in [5.41, 5.74) is 2.06. The molecule has 0 aliphatic heterocycles. The van der Waals surface area contributed by atoms with Crippen LogP contribution in [-0.4, -0.2) is 30.3 Å². The van der Waals surface area contributed by atoms with E-state index in [4.69, 9.17) is 0 Å². The van der Waals surface area contributed by atoms with Crippen LogP contribution in [0.15, 0.2) is 42.6 Å². The molecule has 0 saturated carbocycles. The number of pyridine rings is 1. The lowest BCUT2D eigenvalue weighted by Crippen LogP contribution is -2.31. The van der Waals surface area contributed by atoms with Crippen molar-refractivity contribution in [2.75, 3.05) is 5.75 Å². The summed E-state index contributed by atoms with van der Waals surface area (Å²) in [6.07, 6.45) is 1.66. The number of sulfonamides is 1. The summed E-state index contributed by atoms with van der Waals surface area (Å²) >= 11 is 0. The summed E-state index contributed by atoms with van der Waals surface area (Å²) in [4.78, 5) is 24.2. The highest BCUT2D eigenvalue weighted by atomic mass is 32.2. The first-order chi connectivity index (χ1) is 11.3. The Kier molecular flexibility index (Phi) is 3.88. The van der Waals surface area contributed by atoms with Crippen LogP contribution in [-0.2, 0) is 10.0 Å². The average Bonchev–Trinajstić information content (AvgIpc) is 2.88. The minimum absolute atomic E-state index is 0.0887. The van der Waals surface area contributed by atoms with Gasteiger partial charge in [-0.05, 0) is 32.0 Å². The number of ketones is 1. The van der Waals surface area contributed by atoms with Crippen molar-refractivity contribution in [3.63, 3.8) is 0 Å². The number of hydrogen-bond donors (Lipinski definition) is 1. The zero-order valence-corrected chi connectivity index (χ0v) is 14.1. The summed E-state index contributed by atoms with van der Waals surface area (Å²) in [7, 11) is -3.67. The van der Waals surface area contributed by atoms with E-state index in [9.17, 15) is 18.0 Å². The summed E-state index contributed by atoms with van der Waals surface area (Å²) < 4.78 is 27.3. The minimum Gasteiger partial charge on any atom is -0.315 e. The molecule has 0 aliphatic rings. The van der Waals surface area contributed by atoms with Gasteiger partial charge < -0.3 is 4.40 Å². The van der Waals surface area contributed by atoms with E-state index < -0.39 is 15.9 Å². The molecule has 2 heterocycles. The lowest BCUT2D eigenvalue weighted by Gasteiger charge is -2.05. The molecule has 0 aliphatic carbocycles. The number of para-hydroxylation sites is 1. The average molecular weight is 344 g/mol. The van der Waals surface area contributed by atoms with E-state index in [0.717, 1.165) is 5.52 Å². The van der Waals surface area contributed by atoms with Crippen LogP contribution >= 0.6 is 0 Å². The van der Waals surface area contributed by atoms with E-state index in [1.165, 1.54) is 13.8 Å². The molecule has 24 heavy (non-hydrogen) atoms. The third-order valence-corrected chi connectivity index (χ3v) is 5.16. The normalized spacial score (nSPS) is 11.8. The number of aromatic nitrogens is 1. The molecule has 6 nitrogen and oxygen atoms in total. The fourth-order valence-electron chi connectivity index (χ4n) is 2.65. The van der Waals surface area contributed by atoms with Gasteiger partial charge in [0.2, 0.25) is 10.0 Å². The molecule has 0 unspecified atom stereocenters. The van der Waals surface area contributed by atoms with Crippen LogP contribution in [0.25, 0.3) is 16.4 Å². The Balaban J connectivity index is 2.30. The number of rotatable bonds is 4. The Hall–Kier alpha value is -2.67. The van der Waals surface area contributed by atoms with Crippen LogP contribution in [0.3, 0.4) is 0 Å². The Morgan fingerprint density at radius 2 is 1.79 bits per heavy atom. The van der Waals surface area contributed by atoms with Gasteiger partial charge in [-0.1, -0.05) is 18.2 Å². The van der Waals surface area contributed by atoms with Gasteiger partial charge in [-0.3, -0.25) is 9.59 Å². The molecule has 0 spiro atoms. The van der Waals surface area contributed by atoms with Crippen LogP contribution in [0.1, 0.15) is 34.6 Å². The monoisotopic (exact) mass is 344 g/mol. The van der Waals surface area contributed by atoms with E-state index >= 15 is 0 Å². The van der Waals surface area contributed by atoms with Crippen molar-refractivity contribution in [2.24, 2.45) is 0 Å². The zero-order valence-electron chi connectivity index (χ0n) is 13.2. The van der Waals surface area contributed by atoms with Gasteiger partial charge in [0, 0.05) is 17.1 Å². The van der Waals surface area contributed by atoms with E-state index in [0.29, 0.717) is 16.5 Å². The Labute approximate surface area is 139 Å². The van der Waals surface area contributed by atoms with Gasteiger partial charge in [-0.15, -0.1) is 0 Å². The lowest BCUT2D eigenvalue weighted by molar-refractivity contribution is 0.0982. The number of benzene rings is 1. The molecule has 0 bridgehead atoms. The molecule has 0 atom stereocenters. The first-order valence-electron chi connectivity index (χ1n) is 7.42. The molecule has 0 fully saturated rings. The van der Waals surface area contributed by atoms with Crippen molar-refractivity contribution >= 4 is 38.1 Å². The smallest absolute Gasteiger partial charge is 0.267 e. The van der Waals surface area contributed by atoms with Crippen LogP contribution in [0.4, 0.5) is 0 Å². The number of hydrogen-bond acceptors (Lipinski definition) is 4. The molecule has 0 saturated heterocycles. The van der Waals surface area contributed by atoms with Crippen molar-refractivity contribution < 1.29 is 18.0 Å². The first kappa shape index (κ1) is 16.2. The van der Waals surface area contributed by atoms with E-state index in [1.54, 1.807) is 34.9 Å². The molecule has 3 rings (SSSR count). The van der Waals surface area contributed by atoms with Crippen LogP contribution in [0, 0.1) is 0 Å². The summed E-state index contributed by atoms with van der Waals surface area (Å²) in [5, 5.41) is 0.627. The highest BCUT2D eigenvalue weighted by molar-refractivity contribution is 7.90. The largest absolute Gasteiger partial charge is 0.315 e. The van der Waals surface area contributed by atoms with Crippen molar-refractivity contribution in [1.82, 2.24) is 9.12 Å². The molecule has 1 amide bonds. The van der Waals surface area contributed by atoms with Crippen molar-refractivity contribution in [3.05, 3.63) is 53.7 Å². The predicted octanol–water partition coefficient (Wildman–Crippen LogP) is 2.37. The first-order valence-corrected chi connectivity index (χ1v) is 9.08. The second-order valence-electron chi connectivity index (χ2n) is 5.46. The van der Waals surface area contributed by atoms with Crippen LogP contribution in [0.5, 0.6) is 0 Å². The topological polar surface area (TPSA) is 84.7 Å². The molecular weight excluding hydrogens is 328 g/mol. The van der Waals surface area contributed by atoms with Gasteiger partial charge in [-0.2, -0.15) is 0 Å². The number of nitrogens with zero attached hydrogens (tertiary/aromatic N) is 1. The van der Waals surface area contributed by atoms with E-state index in [-0.39, 0.29) is 17.1 Å². The second kappa shape index (κ2) is 5.76. The quantitative estimate of drug-likeness (QED) is 0.737. The van der Waals surface area contributed by atoms with Gasteiger partial charge in [0.1, 0.15) is 0 Å². The number of amides is 1. The standard InChI is InChI=1S/C17H16N2O4S/c1-3-24(22,23)18-17(21)16-13-6-4-5-7-14(13)19-10-12(11(2)20)8-9-15(16)19/h4-10H,3H2,1-2H3,(H,18,21). The lowest BCUT2D eigenvalue weighted by atomic mass is 10.1. The maximum atomic E-state index is 12.6. The summed E-state index contributed by atoms with van der Waals surface area (Å²) in [6, 6.07) is 10.4. The van der Waals surface area contributed by atoms with Crippen molar-refractivity contribution in [2.45, 2.75) is 13.8 Å². The zero-order chi connectivity index (χ0) is 17.5. The van der Waals surface area contributed by atoms with Gasteiger partial charge in [0.15, 0.2) is 5.78 Å². The number of nitrogens with one attached hydrogen (secondary N) is 1. The van der Waals surface area contributed by atoms with Crippen LogP contribution < -0.4 is 4.72 Å². The van der Waals surface area contributed by atoms with Gasteiger partial charge in [0.05, 0.1) is 22.3 Å². The number of carbonyl (C=O) groups excluding carboxylic acids is 2. The second-order valence-corrected chi connectivity index (χ2v) is 7.47. The Morgan fingerprint density at radius 1 is 1.08 bits per heavy atom. The highest BCUT2D eigenvalue weighted by Crippen LogP contribution is 2.27. The number of carbonyl (C=O) groups is 2. The fourth-order valence-corrected chi connectivity index (χ4v) is 3.18. The predicted molar refractivity (Wildman–Crippen MR) is 91.8 cm³/mol. The molecule has 2 aromatic heterocycles. The van der Waals surface area contributed by atoms with Gasteiger partial charge in [-0.25, -0.2) is 13.1 Å². The third-order valence-electron chi connectivity index (χ3n) is 3.90. The maximum Gasteiger partial charge on any atom is 0.267 e. The van der Waals surface area contributed by atoms with Gasteiger partial charge >= 0.3 is 0 Å². The third kappa shape index (κ3) is 2.67. The molecule has 3 aromatic rings. The van der Waals surface area contributed by atoms with Crippen molar-refractivity contribution in [3.8, 4) is 0 Å². The molecule has 1 aromatic carbocycles. The highest BCUT2D eigenvalue weighted by Gasteiger charge is 2.21. The fraction of sp³-hybridized carbons (Fsp3) is 0.176. The minimum atomic E-state index is -3.67. The van der Waals surface area contributed by atoms with Gasteiger partial charge in [0.25, 0.3) is 5.91 Å².